The molecule has 2 aliphatic heterocycles. The Morgan fingerprint density at radius 3 is 2.13 bits per heavy atom. The van der Waals surface area contributed by atoms with Gasteiger partial charge in [-0.15, -0.1) is 0 Å². The summed E-state index contributed by atoms with van der Waals surface area (Å²) < 4.78 is 2.43. The number of nitrogens with zero attached hydrogens (tertiary/aromatic N) is 2. The van der Waals surface area contributed by atoms with E-state index in [0.29, 0.717) is 0 Å². The monoisotopic (exact) mass is 617 g/mol. The van der Waals surface area contributed by atoms with Crippen LogP contribution in [0, 0.1) is 0 Å². The Kier molecular flexibility index (Phi) is 8.39. The quantitative estimate of drug-likeness (QED) is 0.112. The summed E-state index contributed by atoms with van der Waals surface area (Å²) in [4.78, 5) is 2.66. The molecule has 2 heteroatoms. The molecular weight excluding hydrogens is 569 g/mol. The van der Waals surface area contributed by atoms with Gasteiger partial charge in [-0.3, -0.25) is 0 Å². The average Bonchev–Trinajstić information content (AvgIpc) is 3.44. The highest BCUT2D eigenvalue weighted by molar-refractivity contribution is 6.07. The van der Waals surface area contributed by atoms with Crippen LogP contribution in [0.2, 0.25) is 0 Å². The van der Waals surface area contributed by atoms with Crippen molar-refractivity contribution in [3.8, 4) is 0 Å². The van der Waals surface area contributed by atoms with Gasteiger partial charge in [0.2, 0.25) is 5.69 Å². The number of fused-ring (bicyclic) bond motifs is 6. The van der Waals surface area contributed by atoms with Crippen molar-refractivity contribution in [2.75, 3.05) is 18.5 Å². The molecule has 47 heavy (non-hydrogen) atoms. The van der Waals surface area contributed by atoms with Gasteiger partial charge in [-0.1, -0.05) is 130 Å². The normalized spacial score (nSPS) is 19.4. The minimum Gasteiger partial charge on any atom is -0.344 e. The lowest BCUT2D eigenvalue weighted by molar-refractivity contribution is -0.399. The number of allylic oxidation sites excluding steroid dienone is 4. The lowest BCUT2D eigenvalue weighted by Gasteiger charge is -2.31. The second kappa shape index (κ2) is 12.6. The Labute approximate surface area is 281 Å². The second-order valence-electron chi connectivity index (χ2n) is 14.4. The van der Waals surface area contributed by atoms with Crippen molar-refractivity contribution in [3.05, 3.63) is 144 Å². The first-order valence-electron chi connectivity index (χ1n) is 17.7. The van der Waals surface area contributed by atoms with E-state index in [1.165, 1.54) is 93.1 Å². The standard InChI is InChI=1S/C45H49N2/c1-6-7-8-9-17-31-47-39-30-28-34-21-13-15-23-36(34)42(39)45(4,32-33-19-11-10-12-20-33)41(47)26-18-25-40-44(2,3)38-29-27-35-22-14-16-24-37(35)43(38)46(40)5/h10-16,18-30H,6-9,17,31-32H2,1-5H3/q+1. The van der Waals surface area contributed by atoms with E-state index in [9.17, 15) is 0 Å². The highest BCUT2D eigenvalue weighted by Crippen LogP contribution is 2.53. The molecule has 0 spiro atoms. The Hall–Kier alpha value is -4.43. The summed E-state index contributed by atoms with van der Waals surface area (Å²) in [5.41, 5.74) is 9.42. The van der Waals surface area contributed by atoms with Crippen LogP contribution in [-0.4, -0.2) is 23.9 Å². The van der Waals surface area contributed by atoms with Gasteiger partial charge in [0.25, 0.3) is 0 Å². The first-order valence-corrected chi connectivity index (χ1v) is 17.7. The fourth-order valence-corrected chi connectivity index (χ4v) is 8.54. The van der Waals surface area contributed by atoms with Crippen LogP contribution in [0.25, 0.3) is 21.5 Å². The molecule has 0 bridgehead atoms. The number of rotatable bonds is 10. The van der Waals surface area contributed by atoms with E-state index in [2.05, 4.69) is 166 Å². The average molecular weight is 618 g/mol. The fourth-order valence-electron chi connectivity index (χ4n) is 8.54. The fraction of sp³-hybridized carbons (Fsp3) is 0.311. The van der Waals surface area contributed by atoms with Crippen molar-refractivity contribution >= 4 is 38.6 Å². The summed E-state index contributed by atoms with van der Waals surface area (Å²) in [6.45, 7) is 10.6. The Balaban J connectivity index is 1.35. The third-order valence-electron chi connectivity index (χ3n) is 10.9. The highest BCUT2D eigenvalue weighted by Gasteiger charge is 2.46. The third kappa shape index (κ3) is 5.42. The number of unbranched alkanes of at least 4 members (excludes halogenated alkanes) is 4. The smallest absolute Gasteiger partial charge is 0.217 e. The minimum atomic E-state index is -0.174. The summed E-state index contributed by atoms with van der Waals surface area (Å²) in [7, 11) is 2.24. The summed E-state index contributed by atoms with van der Waals surface area (Å²) >= 11 is 0. The van der Waals surface area contributed by atoms with Crippen LogP contribution in [0.5, 0.6) is 0 Å². The SMILES string of the molecule is CCCCCCCN1C(=CC=CC2=[N+](C)c3c(ccc4ccccc34)C2(C)C)C(C)(Cc2ccccc2)c2c1ccc1ccccc21. The predicted octanol–water partition coefficient (Wildman–Crippen LogP) is 11.4. The van der Waals surface area contributed by atoms with Gasteiger partial charge in [0.15, 0.2) is 5.71 Å². The molecule has 0 saturated carbocycles. The van der Waals surface area contributed by atoms with E-state index in [1.54, 1.807) is 0 Å². The molecular formula is C45H49N2+. The van der Waals surface area contributed by atoms with Gasteiger partial charge in [0, 0.05) is 35.0 Å². The second-order valence-corrected chi connectivity index (χ2v) is 14.4. The summed E-state index contributed by atoms with van der Waals surface area (Å²) in [5, 5.41) is 5.31. The van der Waals surface area contributed by atoms with Gasteiger partial charge in [-0.2, -0.15) is 4.58 Å². The number of hydrogen-bond donors (Lipinski definition) is 0. The zero-order valence-electron chi connectivity index (χ0n) is 28.9. The number of anilines is 1. The van der Waals surface area contributed by atoms with E-state index in [-0.39, 0.29) is 10.8 Å². The Morgan fingerprint density at radius 1 is 0.702 bits per heavy atom. The van der Waals surface area contributed by atoms with E-state index < -0.39 is 0 Å². The molecule has 7 rings (SSSR count). The van der Waals surface area contributed by atoms with Crippen LogP contribution in [0.1, 0.15) is 76.5 Å². The summed E-state index contributed by atoms with van der Waals surface area (Å²) in [6, 6.07) is 38.2. The van der Waals surface area contributed by atoms with Crippen LogP contribution in [0.3, 0.4) is 0 Å². The first-order chi connectivity index (χ1) is 22.8. The molecule has 2 nitrogen and oxygen atoms in total. The minimum absolute atomic E-state index is 0.0930. The molecule has 1 atom stereocenters. The molecule has 0 radical (unpaired) electrons. The predicted molar refractivity (Wildman–Crippen MR) is 203 cm³/mol. The zero-order chi connectivity index (χ0) is 32.6. The highest BCUT2D eigenvalue weighted by atomic mass is 15.2. The van der Waals surface area contributed by atoms with Crippen molar-refractivity contribution in [1.29, 1.82) is 0 Å². The van der Waals surface area contributed by atoms with Crippen LogP contribution < -0.4 is 4.90 Å². The van der Waals surface area contributed by atoms with Gasteiger partial charge in [-0.25, -0.2) is 0 Å². The molecule has 0 aliphatic carbocycles. The molecule has 5 aromatic rings. The first kappa shape index (κ1) is 31.2. The molecule has 0 fully saturated rings. The molecule has 2 aliphatic rings. The van der Waals surface area contributed by atoms with Gasteiger partial charge < -0.3 is 4.90 Å². The maximum atomic E-state index is 2.66. The molecule has 5 aromatic carbocycles. The van der Waals surface area contributed by atoms with Gasteiger partial charge in [0.1, 0.15) is 7.05 Å². The molecule has 0 saturated heterocycles. The molecule has 0 amide bonds. The van der Waals surface area contributed by atoms with Crippen molar-refractivity contribution in [1.82, 2.24) is 0 Å². The lowest BCUT2D eigenvalue weighted by atomic mass is 9.74. The maximum absolute atomic E-state index is 2.66. The Bertz CT molecular complexity index is 2030. The summed E-state index contributed by atoms with van der Waals surface area (Å²) in [6.07, 6.45) is 14.5. The molecule has 238 valence electrons. The third-order valence-corrected chi connectivity index (χ3v) is 10.9. The van der Waals surface area contributed by atoms with Crippen LogP contribution >= 0.6 is 0 Å². The van der Waals surface area contributed by atoms with E-state index in [1.807, 2.05) is 0 Å². The van der Waals surface area contributed by atoms with Crippen LogP contribution in [0.15, 0.2) is 127 Å². The molecule has 1 unspecified atom stereocenters. The number of hydrogen-bond acceptors (Lipinski definition) is 1. The molecule has 0 N–H and O–H groups in total. The Morgan fingerprint density at radius 2 is 1.36 bits per heavy atom. The molecule has 0 aromatic heterocycles. The van der Waals surface area contributed by atoms with Crippen molar-refractivity contribution in [3.63, 3.8) is 0 Å². The number of benzene rings is 5. The van der Waals surface area contributed by atoms with E-state index in [4.69, 9.17) is 0 Å². The van der Waals surface area contributed by atoms with Crippen LogP contribution in [-0.2, 0) is 17.3 Å². The maximum Gasteiger partial charge on any atom is 0.217 e. The lowest BCUT2D eigenvalue weighted by Crippen LogP contribution is -2.31. The van der Waals surface area contributed by atoms with Crippen LogP contribution in [0.4, 0.5) is 11.4 Å². The van der Waals surface area contributed by atoms with E-state index >= 15 is 0 Å². The topological polar surface area (TPSA) is 6.25 Å². The van der Waals surface area contributed by atoms with Gasteiger partial charge in [-0.05, 0) is 79.1 Å². The van der Waals surface area contributed by atoms with Gasteiger partial charge >= 0.3 is 0 Å². The van der Waals surface area contributed by atoms with Crippen molar-refractivity contribution < 1.29 is 4.58 Å². The zero-order valence-corrected chi connectivity index (χ0v) is 28.9. The molecule has 2 heterocycles. The van der Waals surface area contributed by atoms with Gasteiger partial charge in [0.05, 0.1) is 10.8 Å². The van der Waals surface area contributed by atoms with E-state index in [0.717, 1.165) is 13.0 Å². The van der Waals surface area contributed by atoms with Crippen molar-refractivity contribution in [2.45, 2.75) is 77.0 Å². The largest absolute Gasteiger partial charge is 0.344 e. The summed E-state index contributed by atoms with van der Waals surface area (Å²) in [5.74, 6) is 0. The van der Waals surface area contributed by atoms with Crippen molar-refractivity contribution in [2.24, 2.45) is 0 Å².